The zero-order valence-corrected chi connectivity index (χ0v) is 10.4. The number of nitrogens with one attached hydrogen (secondary N) is 2. The summed E-state index contributed by atoms with van der Waals surface area (Å²) in [5, 5.41) is 5.49. The number of carbonyl (C=O) groups is 1. The molecule has 4 nitrogen and oxygen atoms in total. The summed E-state index contributed by atoms with van der Waals surface area (Å²) in [5.41, 5.74) is 2.68. The highest BCUT2D eigenvalue weighted by Gasteiger charge is 2.04. The van der Waals surface area contributed by atoms with Crippen molar-refractivity contribution < 1.29 is 4.79 Å². The number of benzene rings is 1. The molecule has 1 heterocycles. The molecule has 2 rings (SSSR count). The number of anilines is 2. The maximum absolute atomic E-state index is 11.8. The van der Waals surface area contributed by atoms with Gasteiger partial charge in [-0.05, 0) is 37.6 Å². The van der Waals surface area contributed by atoms with Gasteiger partial charge in [0, 0.05) is 11.4 Å². The minimum absolute atomic E-state index is 0.289. The molecule has 0 atom stereocenters. The molecule has 0 unspecified atom stereocenters. The fourth-order valence-electron chi connectivity index (χ4n) is 1.60. The number of aryl methyl sites for hydroxylation is 2. The third-order valence-electron chi connectivity index (χ3n) is 2.52. The van der Waals surface area contributed by atoms with Crippen molar-refractivity contribution in [3.8, 4) is 0 Å². The van der Waals surface area contributed by atoms with Gasteiger partial charge in [-0.2, -0.15) is 0 Å². The highest BCUT2D eigenvalue weighted by molar-refractivity contribution is 5.99. The van der Waals surface area contributed by atoms with Gasteiger partial charge in [0.15, 0.2) is 0 Å². The summed E-state index contributed by atoms with van der Waals surface area (Å²) >= 11 is 0. The molecule has 2 aromatic rings. The highest BCUT2D eigenvalue weighted by Crippen LogP contribution is 2.13. The molecule has 92 valence electrons. The van der Waals surface area contributed by atoms with Crippen molar-refractivity contribution >= 4 is 17.5 Å². The maximum atomic E-state index is 11.8. The molecule has 0 fully saturated rings. The number of amides is 2. The number of nitrogens with zero attached hydrogens (tertiary/aromatic N) is 1. The Labute approximate surface area is 106 Å². The molecular weight excluding hydrogens is 226 g/mol. The number of hydrogen-bond donors (Lipinski definition) is 2. The van der Waals surface area contributed by atoms with E-state index in [2.05, 4.69) is 15.6 Å². The molecule has 0 aliphatic heterocycles. The smallest absolute Gasteiger partial charge is 0.307 e. The van der Waals surface area contributed by atoms with Crippen molar-refractivity contribution in [1.82, 2.24) is 4.98 Å². The van der Waals surface area contributed by atoms with Crippen LogP contribution in [0.5, 0.6) is 0 Å². The molecule has 1 aromatic carbocycles. The first-order valence-electron chi connectivity index (χ1n) is 5.72. The summed E-state index contributed by atoms with van der Waals surface area (Å²) in [6, 6.07) is 12.8. The number of urea groups is 1. The van der Waals surface area contributed by atoms with Gasteiger partial charge in [0.1, 0.15) is 5.82 Å². The second-order valence-electron chi connectivity index (χ2n) is 4.06. The molecular formula is C14H15N3O. The van der Waals surface area contributed by atoms with Crippen molar-refractivity contribution in [2.75, 3.05) is 10.6 Å². The van der Waals surface area contributed by atoms with Crippen LogP contribution in [0.4, 0.5) is 16.3 Å². The Kier molecular flexibility index (Phi) is 3.57. The molecule has 2 amide bonds. The quantitative estimate of drug-likeness (QED) is 0.847. The van der Waals surface area contributed by atoms with E-state index in [0.717, 1.165) is 16.9 Å². The lowest BCUT2D eigenvalue weighted by molar-refractivity contribution is 0.262. The Hall–Kier alpha value is -2.36. The van der Waals surface area contributed by atoms with Gasteiger partial charge in [-0.1, -0.05) is 24.3 Å². The van der Waals surface area contributed by atoms with E-state index in [1.807, 2.05) is 50.2 Å². The van der Waals surface area contributed by atoms with Crippen molar-refractivity contribution in [2.24, 2.45) is 0 Å². The highest BCUT2D eigenvalue weighted by atomic mass is 16.2. The Bertz CT molecular complexity index is 566. The van der Waals surface area contributed by atoms with Crippen LogP contribution in [0.25, 0.3) is 0 Å². The number of pyridine rings is 1. The summed E-state index contributed by atoms with van der Waals surface area (Å²) in [7, 11) is 0. The normalized spacial score (nSPS) is 9.89. The maximum Gasteiger partial charge on any atom is 0.324 e. The molecule has 0 saturated heterocycles. The first-order valence-corrected chi connectivity index (χ1v) is 5.72. The Morgan fingerprint density at radius 1 is 1.00 bits per heavy atom. The molecule has 0 saturated carbocycles. The lowest BCUT2D eigenvalue weighted by Crippen LogP contribution is -2.20. The van der Waals surface area contributed by atoms with Crippen LogP contribution in [-0.4, -0.2) is 11.0 Å². The molecule has 0 spiro atoms. The Morgan fingerprint density at radius 3 is 2.50 bits per heavy atom. The largest absolute Gasteiger partial charge is 0.324 e. The molecule has 4 heteroatoms. The van der Waals surface area contributed by atoms with E-state index in [0.29, 0.717) is 5.82 Å². The zero-order valence-electron chi connectivity index (χ0n) is 10.4. The molecule has 0 radical (unpaired) electrons. The Morgan fingerprint density at radius 2 is 1.78 bits per heavy atom. The van der Waals surface area contributed by atoms with Crippen LogP contribution in [0.15, 0.2) is 42.5 Å². The van der Waals surface area contributed by atoms with E-state index >= 15 is 0 Å². The first-order chi connectivity index (χ1) is 8.65. The monoisotopic (exact) mass is 241 g/mol. The van der Waals surface area contributed by atoms with E-state index in [1.165, 1.54) is 0 Å². The predicted octanol–water partition coefficient (Wildman–Crippen LogP) is 3.34. The van der Waals surface area contributed by atoms with E-state index in [1.54, 1.807) is 6.07 Å². The topological polar surface area (TPSA) is 54.0 Å². The van der Waals surface area contributed by atoms with E-state index < -0.39 is 0 Å². The van der Waals surface area contributed by atoms with Gasteiger partial charge in [0.25, 0.3) is 0 Å². The number of carbonyl (C=O) groups excluding carboxylic acids is 1. The van der Waals surface area contributed by atoms with Crippen molar-refractivity contribution in [3.63, 3.8) is 0 Å². The third kappa shape index (κ3) is 3.07. The van der Waals surface area contributed by atoms with Crippen LogP contribution in [0.3, 0.4) is 0 Å². The summed E-state index contributed by atoms with van der Waals surface area (Å²) in [4.78, 5) is 16.0. The lowest BCUT2D eigenvalue weighted by Gasteiger charge is -2.09. The predicted molar refractivity (Wildman–Crippen MR) is 72.8 cm³/mol. The summed E-state index contributed by atoms with van der Waals surface area (Å²) in [6.45, 7) is 3.82. The standard InChI is InChI=1S/C14H15N3O/c1-10-6-3-4-8-12(10)16-14(18)17-13-9-5-7-11(2)15-13/h3-9H,1-2H3,(H2,15,16,17,18). The van der Waals surface area contributed by atoms with Crippen LogP contribution in [0.1, 0.15) is 11.3 Å². The number of rotatable bonds is 2. The summed E-state index contributed by atoms with van der Waals surface area (Å²) in [6.07, 6.45) is 0. The minimum atomic E-state index is -0.289. The molecule has 0 bridgehead atoms. The fourth-order valence-corrected chi connectivity index (χ4v) is 1.60. The van der Waals surface area contributed by atoms with Gasteiger partial charge in [0.2, 0.25) is 0 Å². The van der Waals surface area contributed by atoms with Crippen LogP contribution in [0.2, 0.25) is 0 Å². The minimum Gasteiger partial charge on any atom is -0.307 e. The van der Waals surface area contributed by atoms with E-state index in [-0.39, 0.29) is 6.03 Å². The van der Waals surface area contributed by atoms with Crippen molar-refractivity contribution in [2.45, 2.75) is 13.8 Å². The second kappa shape index (κ2) is 5.31. The van der Waals surface area contributed by atoms with Crippen LogP contribution in [0, 0.1) is 13.8 Å². The van der Waals surface area contributed by atoms with Gasteiger partial charge in [0.05, 0.1) is 0 Å². The molecule has 2 N–H and O–H groups in total. The summed E-state index contributed by atoms with van der Waals surface area (Å²) in [5.74, 6) is 0.543. The molecule has 18 heavy (non-hydrogen) atoms. The fraction of sp³-hybridized carbons (Fsp3) is 0.143. The molecule has 1 aromatic heterocycles. The van der Waals surface area contributed by atoms with Gasteiger partial charge in [-0.25, -0.2) is 9.78 Å². The van der Waals surface area contributed by atoms with Gasteiger partial charge < -0.3 is 5.32 Å². The molecule has 0 aliphatic rings. The lowest BCUT2D eigenvalue weighted by atomic mass is 10.2. The Balaban J connectivity index is 2.03. The zero-order chi connectivity index (χ0) is 13.0. The average molecular weight is 241 g/mol. The first kappa shape index (κ1) is 12.1. The van der Waals surface area contributed by atoms with Crippen molar-refractivity contribution in [3.05, 3.63) is 53.7 Å². The van der Waals surface area contributed by atoms with E-state index in [4.69, 9.17) is 0 Å². The van der Waals surface area contributed by atoms with Gasteiger partial charge in [-0.15, -0.1) is 0 Å². The van der Waals surface area contributed by atoms with Crippen molar-refractivity contribution in [1.29, 1.82) is 0 Å². The number of para-hydroxylation sites is 1. The second-order valence-corrected chi connectivity index (χ2v) is 4.06. The SMILES string of the molecule is Cc1cccc(NC(=O)Nc2ccccc2C)n1. The van der Waals surface area contributed by atoms with Gasteiger partial charge in [-0.3, -0.25) is 5.32 Å². The van der Waals surface area contributed by atoms with E-state index in [9.17, 15) is 4.79 Å². The summed E-state index contributed by atoms with van der Waals surface area (Å²) < 4.78 is 0. The number of aromatic nitrogens is 1. The van der Waals surface area contributed by atoms with Gasteiger partial charge >= 0.3 is 6.03 Å². The average Bonchev–Trinajstić information content (AvgIpc) is 2.32. The number of hydrogen-bond acceptors (Lipinski definition) is 2. The van der Waals surface area contributed by atoms with Crippen LogP contribution >= 0.6 is 0 Å². The molecule has 0 aliphatic carbocycles. The third-order valence-corrected chi connectivity index (χ3v) is 2.52. The van der Waals surface area contributed by atoms with Crippen LogP contribution < -0.4 is 10.6 Å². The van der Waals surface area contributed by atoms with Crippen LogP contribution in [-0.2, 0) is 0 Å².